The van der Waals surface area contributed by atoms with Gasteiger partial charge in [-0.3, -0.25) is 4.68 Å². The maximum absolute atomic E-state index is 12.7. The number of hydrogen-bond donors (Lipinski definition) is 0. The number of hydrogen-bond acceptors (Lipinski definition) is 2. The molecule has 0 saturated carbocycles. The van der Waals surface area contributed by atoms with E-state index in [0.717, 1.165) is 5.56 Å². The van der Waals surface area contributed by atoms with Crippen molar-refractivity contribution in [3.05, 3.63) is 36.5 Å². The number of nitrogens with zero attached hydrogens (tertiary/aromatic N) is 3. The van der Waals surface area contributed by atoms with Gasteiger partial charge in [0, 0.05) is 18.8 Å². The summed E-state index contributed by atoms with van der Waals surface area (Å²) in [6.45, 7) is 0. The molecular formula is C9H8FN3. The summed E-state index contributed by atoms with van der Waals surface area (Å²) < 4.78 is 14.4. The third-order valence-electron chi connectivity index (χ3n) is 1.72. The topological polar surface area (TPSA) is 30.7 Å². The Morgan fingerprint density at radius 2 is 2.23 bits per heavy atom. The summed E-state index contributed by atoms with van der Waals surface area (Å²) in [5.41, 5.74) is 1.43. The molecule has 0 fully saturated rings. The van der Waals surface area contributed by atoms with Crippen molar-refractivity contribution >= 4 is 0 Å². The third-order valence-corrected chi connectivity index (χ3v) is 1.72. The van der Waals surface area contributed by atoms with Crippen molar-refractivity contribution in [2.24, 2.45) is 7.05 Å². The molecule has 0 aliphatic heterocycles. The molecule has 0 amide bonds. The van der Waals surface area contributed by atoms with E-state index in [0.29, 0.717) is 5.69 Å². The van der Waals surface area contributed by atoms with Crippen LogP contribution in [0, 0.1) is 5.95 Å². The molecule has 0 saturated heterocycles. The van der Waals surface area contributed by atoms with Gasteiger partial charge in [-0.15, -0.1) is 0 Å². The van der Waals surface area contributed by atoms with Crippen LogP contribution in [-0.4, -0.2) is 14.8 Å². The first-order valence-corrected chi connectivity index (χ1v) is 3.87. The molecule has 0 unspecified atom stereocenters. The van der Waals surface area contributed by atoms with Gasteiger partial charge in [0.05, 0.1) is 11.9 Å². The van der Waals surface area contributed by atoms with E-state index in [1.165, 1.54) is 6.07 Å². The van der Waals surface area contributed by atoms with Gasteiger partial charge in [-0.2, -0.15) is 9.49 Å². The van der Waals surface area contributed by atoms with Crippen molar-refractivity contribution < 1.29 is 4.39 Å². The lowest BCUT2D eigenvalue weighted by atomic mass is 10.2. The largest absolute Gasteiger partial charge is 0.275 e. The second kappa shape index (κ2) is 2.97. The standard InChI is InChI=1S/C9H8FN3/c1-13-6-7(5-11-13)8-3-2-4-9(10)12-8/h2-6H,1H3. The van der Waals surface area contributed by atoms with Gasteiger partial charge < -0.3 is 0 Å². The predicted octanol–water partition coefficient (Wildman–Crippen LogP) is 1.62. The molecule has 0 N–H and O–H groups in total. The van der Waals surface area contributed by atoms with E-state index in [-0.39, 0.29) is 0 Å². The second-order valence-corrected chi connectivity index (χ2v) is 2.75. The van der Waals surface area contributed by atoms with E-state index < -0.39 is 5.95 Å². The SMILES string of the molecule is Cn1cc(-c2cccc(F)n2)cn1. The zero-order valence-corrected chi connectivity index (χ0v) is 7.11. The fourth-order valence-corrected chi connectivity index (χ4v) is 1.12. The van der Waals surface area contributed by atoms with Gasteiger partial charge in [0.1, 0.15) is 0 Å². The molecule has 66 valence electrons. The van der Waals surface area contributed by atoms with Crippen molar-refractivity contribution in [3.63, 3.8) is 0 Å². The van der Waals surface area contributed by atoms with E-state index in [1.807, 2.05) is 7.05 Å². The monoisotopic (exact) mass is 177 g/mol. The van der Waals surface area contributed by atoms with E-state index in [9.17, 15) is 4.39 Å². The van der Waals surface area contributed by atoms with Gasteiger partial charge in [0.2, 0.25) is 5.95 Å². The zero-order valence-electron chi connectivity index (χ0n) is 7.11. The molecule has 3 nitrogen and oxygen atoms in total. The molecule has 0 aromatic carbocycles. The van der Waals surface area contributed by atoms with Crippen LogP contribution in [0.5, 0.6) is 0 Å². The zero-order chi connectivity index (χ0) is 9.26. The Balaban J connectivity index is 2.46. The summed E-state index contributed by atoms with van der Waals surface area (Å²) in [7, 11) is 1.81. The van der Waals surface area contributed by atoms with Crippen molar-refractivity contribution in [1.82, 2.24) is 14.8 Å². The lowest BCUT2D eigenvalue weighted by molar-refractivity contribution is 0.585. The Bertz CT molecular complexity index is 422. The Morgan fingerprint density at radius 3 is 2.85 bits per heavy atom. The summed E-state index contributed by atoms with van der Waals surface area (Å²) in [4.78, 5) is 3.74. The summed E-state index contributed by atoms with van der Waals surface area (Å²) >= 11 is 0. The maximum atomic E-state index is 12.7. The molecule has 4 heteroatoms. The molecule has 13 heavy (non-hydrogen) atoms. The Labute approximate surface area is 74.8 Å². The first-order chi connectivity index (χ1) is 6.25. The second-order valence-electron chi connectivity index (χ2n) is 2.75. The highest BCUT2D eigenvalue weighted by molar-refractivity contribution is 5.56. The Morgan fingerprint density at radius 1 is 1.38 bits per heavy atom. The molecule has 0 radical (unpaired) electrons. The van der Waals surface area contributed by atoms with Gasteiger partial charge in [0.15, 0.2) is 0 Å². The molecule has 0 atom stereocenters. The molecule has 2 aromatic rings. The minimum absolute atomic E-state index is 0.471. The number of aryl methyl sites for hydroxylation is 1. The number of aromatic nitrogens is 3. The highest BCUT2D eigenvalue weighted by atomic mass is 19.1. The fourth-order valence-electron chi connectivity index (χ4n) is 1.12. The third kappa shape index (κ3) is 1.56. The van der Waals surface area contributed by atoms with Crippen LogP contribution in [0.4, 0.5) is 4.39 Å². The maximum Gasteiger partial charge on any atom is 0.213 e. The molecule has 0 bridgehead atoms. The van der Waals surface area contributed by atoms with Crippen molar-refractivity contribution in [2.75, 3.05) is 0 Å². The highest BCUT2D eigenvalue weighted by Crippen LogP contribution is 2.14. The lowest BCUT2D eigenvalue weighted by Crippen LogP contribution is -1.86. The van der Waals surface area contributed by atoms with Crippen molar-refractivity contribution in [1.29, 1.82) is 0 Å². The summed E-state index contributed by atoms with van der Waals surface area (Å²) in [6, 6.07) is 4.70. The van der Waals surface area contributed by atoms with Crippen LogP contribution in [0.25, 0.3) is 11.3 Å². The highest BCUT2D eigenvalue weighted by Gasteiger charge is 2.01. The van der Waals surface area contributed by atoms with Gasteiger partial charge in [0.25, 0.3) is 0 Å². The van der Waals surface area contributed by atoms with Crippen LogP contribution in [0.2, 0.25) is 0 Å². The first-order valence-electron chi connectivity index (χ1n) is 3.87. The smallest absolute Gasteiger partial charge is 0.213 e. The molecule has 0 spiro atoms. The summed E-state index contributed by atoms with van der Waals surface area (Å²) in [6.07, 6.45) is 3.45. The molecule has 2 rings (SSSR count). The average Bonchev–Trinajstić information content (AvgIpc) is 2.52. The van der Waals surface area contributed by atoms with E-state index >= 15 is 0 Å². The number of rotatable bonds is 1. The van der Waals surface area contributed by atoms with Crippen LogP contribution in [-0.2, 0) is 7.05 Å². The summed E-state index contributed by atoms with van der Waals surface area (Å²) in [5.74, 6) is -0.471. The van der Waals surface area contributed by atoms with Gasteiger partial charge in [-0.05, 0) is 12.1 Å². The minimum Gasteiger partial charge on any atom is -0.275 e. The van der Waals surface area contributed by atoms with Gasteiger partial charge in [-0.1, -0.05) is 6.07 Å². The first kappa shape index (κ1) is 7.91. The van der Waals surface area contributed by atoms with E-state index in [4.69, 9.17) is 0 Å². The Kier molecular flexibility index (Phi) is 1.81. The molecule has 2 heterocycles. The van der Waals surface area contributed by atoms with Crippen LogP contribution < -0.4 is 0 Å². The predicted molar refractivity (Wildman–Crippen MR) is 46.4 cm³/mol. The quantitative estimate of drug-likeness (QED) is 0.620. The molecule has 0 aliphatic rings. The van der Waals surface area contributed by atoms with Gasteiger partial charge >= 0.3 is 0 Å². The molecule has 2 aromatic heterocycles. The fraction of sp³-hybridized carbons (Fsp3) is 0.111. The minimum atomic E-state index is -0.471. The van der Waals surface area contributed by atoms with Crippen molar-refractivity contribution in [3.8, 4) is 11.3 Å². The van der Waals surface area contributed by atoms with Crippen LogP contribution in [0.3, 0.4) is 0 Å². The van der Waals surface area contributed by atoms with Crippen LogP contribution >= 0.6 is 0 Å². The van der Waals surface area contributed by atoms with Crippen molar-refractivity contribution in [2.45, 2.75) is 0 Å². The van der Waals surface area contributed by atoms with Gasteiger partial charge in [-0.25, -0.2) is 4.98 Å². The normalized spacial score (nSPS) is 10.3. The summed E-state index contributed by atoms with van der Waals surface area (Å²) in [5, 5.41) is 3.98. The number of pyridine rings is 1. The van der Waals surface area contributed by atoms with E-state index in [1.54, 1.807) is 29.2 Å². The van der Waals surface area contributed by atoms with Crippen LogP contribution in [0.15, 0.2) is 30.6 Å². The number of halogens is 1. The lowest BCUT2D eigenvalue weighted by Gasteiger charge is -1.94. The van der Waals surface area contributed by atoms with E-state index in [2.05, 4.69) is 10.1 Å². The average molecular weight is 177 g/mol. The molecule has 0 aliphatic carbocycles. The Hall–Kier alpha value is -1.71. The van der Waals surface area contributed by atoms with Crippen LogP contribution in [0.1, 0.15) is 0 Å². The molecular weight excluding hydrogens is 169 g/mol.